The van der Waals surface area contributed by atoms with Gasteiger partial charge in [-0.25, -0.2) is 8.78 Å². The largest absolute Gasteiger partial charge is 0.488 e. The van der Waals surface area contributed by atoms with E-state index in [1.165, 1.54) is 6.92 Å². The third kappa shape index (κ3) is 5.80. The first-order valence-corrected chi connectivity index (χ1v) is 9.95. The van der Waals surface area contributed by atoms with Crippen LogP contribution in [0.4, 0.5) is 22.0 Å². The van der Waals surface area contributed by atoms with Crippen LogP contribution in [0.5, 0.6) is 17.2 Å². The van der Waals surface area contributed by atoms with Crippen molar-refractivity contribution in [3.05, 3.63) is 89.5 Å². The second-order valence-corrected chi connectivity index (χ2v) is 7.12. The minimum Gasteiger partial charge on any atom is -0.488 e. The van der Waals surface area contributed by atoms with E-state index in [1.807, 2.05) is 6.07 Å². The Hall–Kier alpha value is -3.17. The Bertz CT molecular complexity index is 1050. The summed E-state index contributed by atoms with van der Waals surface area (Å²) in [5, 5.41) is 10.4. The Kier molecular flexibility index (Phi) is 7.55. The molecule has 0 spiro atoms. The molecule has 0 amide bonds. The van der Waals surface area contributed by atoms with E-state index in [0.717, 1.165) is 0 Å². The molecule has 0 bridgehead atoms. The van der Waals surface area contributed by atoms with Gasteiger partial charge in [-0.2, -0.15) is 13.2 Å². The molecule has 0 radical (unpaired) electrons. The second kappa shape index (κ2) is 10.2. The summed E-state index contributed by atoms with van der Waals surface area (Å²) in [7, 11) is 0. The van der Waals surface area contributed by atoms with Crippen LogP contribution in [-0.2, 0) is 16.9 Å². The molecule has 9 heteroatoms. The summed E-state index contributed by atoms with van der Waals surface area (Å²) in [5.41, 5.74) is -4.20. The van der Waals surface area contributed by atoms with Crippen molar-refractivity contribution in [1.82, 2.24) is 0 Å². The maximum atomic E-state index is 14.1. The molecule has 0 aliphatic carbocycles. The van der Waals surface area contributed by atoms with Crippen molar-refractivity contribution in [2.45, 2.75) is 25.3 Å². The summed E-state index contributed by atoms with van der Waals surface area (Å²) >= 11 is 0. The van der Waals surface area contributed by atoms with Crippen LogP contribution in [0.25, 0.3) is 0 Å². The van der Waals surface area contributed by atoms with E-state index in [0.29, 0.717) is 29.2 Å². The molecule has 0 aliphatic heterocycles. The fourth-order valence-electron chi connectivity index (χ4n) is 3.05. The average molecular weight is 468 g/mol. The fourth-order valence-corrected chi connectivity index (χ4v) is 3.05. The monoisotopic (exact) mass is 468 g/mol. The molecule has 0 saturated carbocycles. The quantitative estimate of drug-likeness (QED) is 0.384. The van der Waals surface area contributed by atoms with E-state index in [4.69, 9.17) is 14.2 Å². The van der Waals surface area contributed by atoms with E-state index < -0.39 is 41.3 Å². The summed E-state index contributed by atoms with van der Waals surface area (Å²) in [5.74, 6) is -2.53. The number of rotatable bonds is 9. The van der Waals surface area contributed by atoms with Crippen LogP contribution in [0.15, 0.2) is 66.7 Å². The summed E-state index contributed by atoms with van der Waals surface area (Å²) in [6.45, 7) is -0.223. The maximum Gasteiger partial charge on any atom is 0.423 e. The molecule has 0 fully saturated rings. The van der Waals surface area contributed by atoms with Crippen LogP contribution in [-0.4, -0.2) is 24.5 Å². The standard InChI is InChI=1S/C24H21F5O4/c1-2-32-22-20(25)12-17(13-21(22)26)23(30,24(27,28)29)15-31-14-16-7-6-10-19(11-16)33-18-8-4-3-5-9-18/h3-13,30H,2,14-15H2,1H3. The number of ether oxygens (including phenoxy) is 3. The van der Waals surface area contributed by atoms with Crippen molar-refractivity contribution < 1.29 is 41.3 Å². The molecule has 176 valence electrons. The topological polar surface area (TPSA) is 47.9 Å². The van der Waals surface area contributed by atoms with Gasteiger partial charge in [0.25, 0.3) is 0 Å². The number of benzene rings is 3. The number of aliphatic hydroxyl groups is 1. The third-order valence-electron chi connectivity index (χ3n) is 4.69. The average Bonchev–Trinajstić information content (AvgIpc) is 2.76. The van der Waals surface area contributed by atoms with E-state index >= 15 is 0 Å². The van der Waals surface area contributed by atoms with Gasteiger partial charge >= 0.3 is 6.18 Å². The molecule has 0 saturated heterocycles. The molecule has 0 heterocycles. The molecule has 3 rings (SSSR count). The highest BCUT2D eigenvalue weighted by Gasteiger charge is 2.56. The van der Waals surface area contributed by atoms with Crippen molar-refractivity contribution in [1.29, 1.82) is 0 Å². The second-order valence-electron chi connectivity index (χ2n) is 7.12. The zero-order valence-electron chi connectivity index (χ0n) is 17.5. The van der Waals surface area contributed by atoms with Gasteiger partial charge in [-0.05, 0) is 48.9 Å². The Labute approximate surface area is 187 Å². The van der Waals surface area contributed by atoms with Gasteiger partial charge in [0.15, 0.2) is 17.4 Å². The number of para-hydroxylation sites is 1. The highest BCUT2D eigenvalue weighted by atomic mass is 19.4. The lowest BCUT2D eigenvalue weighted by Crippen LogP contribution is -2.46. The lowest BCUT2D eigenvalue weighted by atomic mass is 9.93. The van der Waals surface area contributed by atoms with Gasteiger partial charge in [0.1, 0.15) is 11.5 Å². The van der Waals surface area contributed by atoms with Crippen molar-refractivity contribution in [3.8, 4) is 17.2 Å². The maximum absolute atomic E-state index is 14.1. The molecular formula is C24H21F5O4. The molecule has 33 heavy (non-hydrogen) atoms. The summed E-state index contributed by atoms with van der Waals surface area (Å²) in [6, 6.07) is 16.1. The Morgan fingerprint density at radius 1 is 0.848 bits per heavy atom. The summed E-state index contributed by atoms with van der Waals surface area (Å²) in [6.07, 6.45) is -5.27. The van der Waals surface area contributed by atoms with Crippen LogP contribution in [0.1, 0.15) is 18.1 Å². The first-order valence-electron chi connectivity index (χ1n) is 9.95. The predicted molar refractivity (Wildman–Crippen MR) is 110 cm³/mol. The molecule has 1 unspecified atom stereocenters. The van der Waals surface area contributed by atoms with Gasteiger partial charge in [0.05, 0.1) is 19.8 Å². The van der Waals surface area contributed by atoms with Crippen LogP contribution >= 0.6 is 0 Å². The number of alkyl halides is 3. The van der Waals surface area contributed by atoms with Crippen LogP contribution < -0.4 is 9.47 Å². The minimum atomic E-state index is -5.27. The van der Waals surface area contributed by atoms with Gasteiger partial charge in [-0.3, -0.25) is 0 Å². The molecule has 4 nitrogen and oxygen atoms in total. The predicted octanol–water partition coefficient (Wildman–Crippen LogP) is 6.12. The lowest BCUT2D eigenvalue weighted by molar-refractivity contribution is -0.283. The Morgan fingerprint density at radius 3 is 2.09 bits per heavy atom. The molecule has 1 atom stereocenters. The Balaban J connectivity index is 1.75. The first-order chi connectivity index (χ1) is 15.6. The summed E-state index contributed by atoms with van der Waals surface area (Å²) in [4.78, 5) is 0. The number of hydrogen-bond acceptors (Lipinski definition) is 4. The van der Waals surface area contributed by atoms with Crippen molar-refractivity contribution in [3.63, 3.8) is 0 Å². The molecule has 3 aromatic rings. The zero-order chi connectivity index (χ0) is 24.1. The van der Waals surface area contributed by atoms with Crippen molar-refractivity contribution in [2.75, 3.05) is 13.2 Å². The summed E-state index contributed by atoms with van der Waals surface area (Å²) < 4.78 is 84.9. The number of hydrogen-bond donors (Lipinski definition) is 1. The van der Waals surface area contributed by atoms with Gasteiger partial charge in [-0.1, -0.05) is 30.3 Å². The first kappa shape index (κ1) is 24.5. The highest BCUT2D eigenvalue weighted by Crippen LogP contribution is 2.41. The van der Waals surface area contributed by atoms with Crippen molar-refractivity contribution in [2.24, 2.45) is 0 Å². The van der Waals surface area contributed by atoms with E-state index in [-0.39, 0.29) is 13.2 Å². The number of halogens is 5. The molecule has 0 aromatic heterocycles. The zero-order valence-corrected chi connectivity index (χ0v) is 17.5. The minimum absolute atomic E-state index is 0.0904. The molecule has 0 aliphatic rings. The highest BCUT2D eigenvalue weighted by molar-refractivity contribution is 5.36. The lowest BCUT2D eigenvalue weighted by Gasteiger charge is -2.31. The van der Waals surface area contributed by atoms with E-state index in [9.17, 15) is 27.1 Å². The van der Waals surface area contributed by atoms with Crippen LogP contribution in [0, 0.1) is 11.6 Å². The van der Waals surface area contributed by atoms with E-state index in [1.54, 1.807) is 48.5 Å². The normalized spacial score (nSPS) is 13.4. The SMILES string of the molecule is CCOc1c(F)cc(C(O)(COCc2cccc(Oc3ccccc3)c2)C(F)(F)F)cc1F. The molecule has 1 N–H and O–H groups in total. The smallest absolute Gasteiger partial charge is 0.423 e. The molecular weight excluding hydrogens is 447 g/mol. The van der Waals surface area contributed by atoms with Gasteiger partial charge in [-0.15, -0.1) is 0 Å². The van der Waals surface area contributed by atoms with Crippen LogP contribution in [0.3, 0.4) is 0 Å². The van der Waals surface area contributed by atoms with Gasteiger partial charge in [0.2, 0.25) is 5.60 Å². The van der Waals surface area contributed by atoms with Gasteiger partial charge in [0, 0.05) is 5.56 Å². The molecule has 3 aromatic carbocycles. The van der Waals surface area contributed by atoms with E-state index in [2.05, 4.69) is 0 Å². The van der Waals surface area contributed by atoms with Gasteiger partial charge < -0.3 is 19.3 Å². The third-order valence-corrected chi connectivity index (χ3v) is 4.69. The van der Waals surface area contributed by atoms with Crippen LogP contribution in [0.2, 0.25) is 0 Å². The Morgan fingerprint density at radius 2 is 1.48 bits per heavy atom. The fraction of sp³-hybridized carbons (Fsp3) is 0.250. The van der Waals surface area contributed by atoms with Crippen molar-refractivity contribution >= 4 is 0 Å².